The summed E-state index contributed by atoms with van der Waals surface area (Å²) < 4.78 is 5.57. The molecule has 28 heavy (non-hydrogen) atoms. The minimum atomic E-state index is -0.860. The van der Waals surface area contributed by atoms with Crippen LogP contribution >= 0.6 is 0 Å². The van der Waals surface area contributed by atoms with Crippen LogP contribution in [0.4, 0.5) is 4.79 Å². The van der Waals surface area contributed by atoms with E-state index in [0.717, 1.165) is 17.5 Å². The number of rotatable bonds is 4. The first-order valence-corrected chi connectivity index (χ1v) is 9.66. The van der Waals surface area contributed by atoms with Crippen molar-refractivity contribution >= 4 is 12.1 Å². The number of fused-ring (bicyclic) bond motifs is 5. The van der Waals surface area contributed by atoms with E-state index in [0.29, 0.717) is 0 Å². The van der Waals surface area contributed by atoms with Crippen LogP contribution in [0.3, 0.4) is 0 Å². The van der Waals surface area contributed by atoms with E-state index in [-0.39, 0.29) is 24.4 Å². The Morgan fingerprint density at radius 2 is 1.57 bits per heavy atom. The van der Waals surface area contributed by atoms with Crippen LogP contribution in [0.1, 0.15) is 23.5 Å². The maximum absolute atomic E-state index is 12.5. The van der Waals surface area contributed by atoms with Crippen LogP contribution in [0.2, 0.25) is 0 Å². The summed E-state index contributed by atoms with van der Waals surface area (Å²) in [5, 5.41) is 12.3. The van der Waals surface area contributed by atoms with Crippen molar-refractivity contribution in [1.29, 1.82) is 0 Å². The highest BCUT2D eigenvalue weighted by atomic mass is 16.5. The first kappa shape index (κ1) is 17.0. The number of carboxylic acids is 1. The van der Waals surface area contributed by atoms with Gasteiger partial charge < -0.3 is 15.2 Å². The third-order valence-corrected chi connectivity index (χ3v) is 6.37. The number of carboxylic acid groups (broad SMARTS) is 1. The number of carbonyl (C=O) groups excluding carboxylic acids is 1. The molecule has 0 aliphatic heterocycles. The predicted molar refractivity (Wildman–Crippen MR) is 104 cm³/mol. The van der Waals surface area contributed by atoms with Gasteiger partial charge in [-0.15, -0.1) is 0 Å². The minimum absolute atomic E-state index is 0.00128. The number of alkyl carbamates (subject to hydrolysis) is 1. The Hall–Kier alpha value is -3.08. The van der Waals surface area contributed by atoms with Gasteiger partial charge in [-0.1, -0.05) is 60.7 Å². The second kappa shape index (κ2) is 6.51. The van der Waals surface area contributed by atoms with Crippen molar-refractivity contribution in [3.05, 3.63) is 71.8 Å². The molecule has 1 saturated carbocycles. The highest BCUT2D eigenvalue weighted by molar-refractivity contribution is 5.79. The number of amides is 1. The monoisotopic (exact) mass is 375 g/mol. The van der Waals surface area contributed by atoms with Crippen molar-refractivity contribution in [3.8, 4) is 11.1 Å². The Balaban J connectivity index is 1.30. The fourth-order valence-corrected chi connectivity index (χ4v) is 5.13. The third kappa shape index (κ3) is 2.61. The third-order valence-electron chi connectivity index (χ3n) is 6.37. The molecule has 4 atom stereocenters. The van der Waals surface area contributed by atoms with E-state index in [1.54, 1.807) is 0 Å². The molecule has 1 amide bonds. The molecule has 5 heteroatoms. The van der Waals surface area contributed by atoms with Crippen LogP contribution in [0.25, 0.3) is 11.1 Å². The standard InChI is InChI=1S/C23H21NO4/c25-22(26)20-13-9-10-14(11-13)21(20)24-23(27)28-12-19-17-7-3-1-5-15(17)16-6-2-4-8-18(16)19/h1-10,13-14,19-21H,11-12H2,(H,24,27)(H,25,26)/t13-,14-,20+,21-/m0/s1. The summed E-state index contributed by atoms with van der Waals surface area (Å²) >= 11 is 0. The molecule has 1 fully saturated rings. The molecule has 2 aromatic rings. The van der Waals surface area contributed by atoms with Crippen molar-refractivity contribution in [3.63, 3.8) is 0 Å². The number of allylic oxidation sites excluding steroid dienone is 1. The summed E-state index contributed by atoms with van der Waals surface area (Å²) in [5.41, 5.74) is 4.66. The topological polar surface area (TPSA) is 75.6 Å². The second-order valence-corrected chi connectivity index (χ2v) is 7.81. The highest BCUT2D eigenvalue weighted by Gasteiger charge is 2.49. The summed E-state index contributed by atoms with van der Waals surface area (Å²) in [6.07, 6.45) is 4.21. The molecule has 2 bridgehead atoms. The lowest BCUT2D eigenvalue weighted by atomic mass is 9.89. The van der Waals surface area contributed by atoms with Gasteiger partial charge in [-0.05, 0) is 40.5 Å². The van der Waals surface area contributed by atoms with Gasteiger partial charge >= 0.3 is 12.1 Å². The van der Waals surface area contributed by atoms with Gasteiger partial charge in [0.15, 0.2) is 0 Å². The molecule has 0 radical (unpaired) electrons. The Bertz CT molecular complexity index is 937. The molecule has 142 valence electrons. The summed E-state index contributed by atoms with van der Waals surface area (Å²) in [6, 6.07) is 15.9. The van der Waals surface area contributed by atoms with E-state index >= 15 is 0 Å². The zero-order chi connectivity index (χ0) is 19.3. The summed E-state index contributed by atoms with van der Waals surface area (Å²) in [5.74, 6) is -1.36. The van der Waals surface area contributed by atoms with Crippen LogP contribution in [0.5, 0.6) is 0 Å². The fraction of sp³-hybridized carbons (Fsp3) is 0.304. The van der Waals surface area contributed by atoms with Crippen molar-refractivity contribution < 1.29 is 19.4 Å². The number of hydrogen-bond acceptors (Lipinski definition) is 3. The lowest BCUT2D eigenvalue weighted by molar-refractivity contribution is -0.143. The predicted octanol–water partition coefficient (Wildman–Crippen LogP) is 3.80. The molecule has 0 spiro atoms. The van der Waals surface area contributed by atoms with E-state index in [1.807, 2.05) is 36.4 Å². The lowest BCUT2D eigenvalue weighted by Crippen LogP contribution is -2.46. The van der Waals surface area contributed by atoms with Gasteiger partial charge in [0.05, 0.1) is 12.0 Å². The van der Waals surface area contributed by atoms with Gasteiger partial charge in [0.2, 0.25) is 0 Å². The number of carbonyl (C=O) groups is 2. The molecule has 2 N–H and O–H groups in total. The van der Waals surface area contributed by atoms with E-state index in [4.69, 9.17) is 4.74 Å². The van der Waals surface area contributed by atoms with Crippen LogP contribution in [-0.2, 0) is 9.53 Å². The number of hydrogen-bond donors (Lipinski definition) is 2. The number of benzene rings is 2. The molecule has 3 aliphatic carbocycles. The number of aliphatic carboxylic acids is 1. The normalized spacial score (nSPS) is 26.7. The number of ether oxygens (including phenoxy) is 1. The summed E-state index contributed by atoms with van der Waals surface area (Å²) in [7, 11) is 0. The first-order valence-electron chi connectivity index (χ1n) is 9.66. The average Bonchev–Trinajstić information content (AvgIpc) is 3.38. The summed E-state index contributed by atoms with van der Waals surface area (Å²) in [6.45, 7) is 0.230. The van der Waals surface area contributed by atoms with Gasteiger partial charge in [0.25, 0.3) is 0 Å². The van der Waals surface area contributed by atoms with Gasteiger partial charge in [-0.2, -0.15) is 0 Å². The molecule has 0 saturated heterocycles. The SMILES string of the molecule is O=C(N[C@@H]1[C@H](C(=O)O)[C@H]2C=C[C@H]1C2)OCC1c2ccccc2-c2ccccc21. The molecule has 0 aromatic heterocycles. The smallest absolute Gasteiger partial charge is 0.407 e. The Morgan fingerprint density at radius 1 is 0.964 bits per heavy atom. The first-order chi connectivity index (χ1) is 13.6. The van der Waals surface area contributed by atoms with Crippen LogP contribution < -0.4 is 5.32 Å². The van der Waals surface area contributed by atoms with Crippen LogP contribution in [-0.4, -0.2) is 29.8 Å². The molecule has 3 aliphatic rings. The molecule has 0 heterocycles. The Labute approximate surface area is 163 Å². The lowest BCUT2D eigenvalue weighted by Gasteiger charge is -2.25. The molecular weight excluding hydrogens is 354 g/mol. The van der Waals surface area contributed by atoms with E-state index in [9.17, 15) is 14.7 Å². The van der Waals surface area contributed by atoms with Gasteiger partial charge in [0.1, 0.15) is 6.61 Å². The fourth-order valence-electron chi connectivity index (χ4n) is 5.13. The molecule has 0 unspecified atom stereocenters. The van der Waals surface area contributed by atoms with Gasteiger partial charge in [-0.25, -0.2) is 4.79 Å². The van der Waals surface area contributed by atoms with E-state index < -0.39 is 24.0 Å². The second-order valence-electron chi connectivity index (χ2n) is 7.81. The number of nitrogens with one attached hydrogen (secondary N) is 1. The molecular formula is C23H21NO4. The molecule has 5 rings (SSSR count). The van der Waals surface area contributed by atoms with Crippen LogP contribution in [0, 0.1) is 17.8 Å². The van der Waals surface area contributed by atoms with Crippen LogP contribution in [0.15, 0.2) is 60.7 Å². The van der Waals surface area contributed by atoms with Gasteiger partial charge in [-0.3, -0.25) is 4.79 Å². The Morgan fingerprint density at radius 3 is 2.21 bits per heavy atom. The highest BCUT2D eigenvalue weighted by Crippen LogP contribution is 2.45. The van der Waals surface area contributed by atoms with Crippen molar-refractivity contribution in [2.24, 2.45) is 17.8 Å². The van der Waals surface area contributed by atoms with Crippen molar-refractivity contribution in [2.75, 3.05) is 6.61 Å². The van der Waals surface area contributed by atoms with Gasteiger partial charge in [0, 0.05) is 5.92 Å². The van der Waals surface area contributed by atoms with Crippen molar-refractivity contribution in [2.45, 2.75) is 18.4 Å². The van der Waals surface area contributed by atoms with E-state index in [2.05, 4.69) is 29.6 Å². The quantitative estimate of drug-likeness (QED) is 0.797. The summed E-state index contributed by atoms with van der Waals surface area (Å²) in [4.78, 5) is 24.1. The van der Waals surface area contributed by atoms with E-state index in [1.165, 1.54) is 11.1 Å². The zero-order valence-electron chi connectivity index (χ0n) is 15.2. The minimum Gasteiger partial charge on any atom is -0.481 e. The molecule has 5 nitrogen and oxygen atoms in total. The van der Waals surface area contributed by atoms with Crippen molar-refractivity contribution in [1.82, 2.24) is 5.32 Å². The largest absolute Gasteiger partial charge is 0.481 e. The Kier molecular flexibility index (Phi) is 3.97. The average molecular weight is 375 g/mol. The maximum atomic E-state index is 12.5. The molecule has 2 aromatic carbocycles. The maximum Gasteiger partial charge on any atom is 0.407 e. The zero-order valence-corrected chi connectivity index (χ0v) is 15.2.